The molecular weight excluding hydrogens is 438 g/mol. The van der Waals surface area contributed by atoms with Crippen LogP contribution in [0.15, 0.2) is 34.3 Å². The normalized spacial score (nSPS) is 16.3. The molecule has 1 aliphatic heterocycles. The molecule has 2 N–H and O–H groups in total. The molecular formula is C17H8F6N4O2S. The van der Waals surface area contributed by atoms with Gasteiger partial charge in [-0.25, -0.2) is 0 Å². The minimum atomic E-state index is -5.78. The molecule has 0 saturated heterocycles. The summed E-state index contributed by atoms with van der Waals surface area (Å²) in [5, 5.41) is 8.85. The van der Waals surface area contributed by atoms with E-state index in [9.17, 15) is 31.1 Å². The largest absolute Gasteiger partial charge is 0.469 e. The second kappa shape index (κ2) is 7.52. The molecule has 1 aromatic carbocycles. The molecule has 13 heteroatoms. The lowest BCUT2D eigenvalue weighted by atomic mass is 10.1. The van der Waals surface area contributed by atoms with Gasteiger partial charge in [0.15, 0.2) is 5.17 Å². The first-order valence-electron chi connectivity index (χ1n) is 7.81. The van der Waals surface area contributed by atoms with Crippen LogP contribution in [0.5, 0.6) is 5.75 Å². The number of aromatic nitrogens is 1. The zero-order chi connectivity index (χ0) is 22.3. The molecule has 0 saturated carbocycles. The predicted molar refractivity (Wildman–Crippen MR) is 95.2 cm³/mol. The molecule has 0 atom stereocenters. The van der Waals surface area contributed by atoms with Crippen LogP contribution in [0.2, 0.25) is 0 Å². The van der Waals surface area contributed by atoms with E-state index in [0.717, 1.165) is 24.0 Å². The van der Waals surface area contributed by atoms with Crippen molar-refractivity contribution in [2.24, 2.45) is 10.7 Å². The number of aliphatic imine (C=N–C) groups is 1. The number of amides is 1. The molecule has 0 spiro atoms. The van der Waals surface area contributed by atoms with E-state index in [1.54, 1.807) is 0 Å². The molecule has 2 aromatic rings. The standard InChI is InChI=1S/C17H8F6N4O2S/c18-16(19,20)14(17(21,22)23)29-12-8(5-24)6-26-10-2-1-7(3-9(10)12)4-11-13(28)27-15(25)30-11/h1-4,6,14H,(H2,25,27,28)/b11-4-. The van der Waals surface area contributed by atoms with Crippen LogP contribution in [0.4, 0.5) is 26.3 Å². The first-order chi connectivity index (χ1) is 13.9. The lowest BCUT2D eigenvalue weighted by Gasteiger charge is -2.24. The van der Waals surface area contributed by atoms with Crippen molar-refractivity contribution in [3.05, 3.63) is 40.4 Å². The number of amidine groups is 1. The number of halogens is 6. The molecule has 0 unspecified atom stereocenters. The van der Waals surface area contributed by atoms with E-state index in [-0.39, 0.29) is 26.5 Å². The molecule has 0 fully saturated rings. The van der Waals surface area contributed by atoms with E-state index in [0.29, 0.717) is 0 Å². The number of carbonyl (C=O) groups excluding carboxylic acids is 1. The minimum Gasteiger partial charge on any atom is -0.469 e. The van der Waals surface area contributed by atoms with Gasteiger partial charge in [-0.1, -0.05) is 6.07 Å². The van der Waals surface area contributed by atoms with Crippen LogP contribution in [-0.2, 0) is 4.79 Å². The number of alkyl halides is 6. The lowest BCUT2D eigenvalue weighted by Crippen LogP contribution is -2.46. The van der Waals surface area contributed by atoms with Crippen molar-refractivity contribution >= 4 is 39.8 Å². The number of carbonyl (C=O) groups is 1. The second-order valence-corrected chi connectivity index (χ2v) is 6.90. The summed E-state index contributed by atoms with van der Waals surface area (Å²) in [6.07, 6.45) is -13.6. The summed E-state index contributed by atoms with van der Waals surface area (Å²) < 4.78 is 82.0. The van der Waals surface area contributed by atoms with Crippen LogP contribution in [-0.4, -0.2) is 34.5 Å². The third-order valence-corrected chi connectivity index (χ3v) is 4.54. The zero-order valence-corrected chi connectivity index (χ0v) is 15.2. The highest BCUT2D eigenvalue weighted by atomic mass is 32.2. The molecule has 6 nitrogen and oxygen atoms in total. The first kappa shape index (κ1) is 21.4. The molecule has 156 valence electrons. The van der Waals surface area contributed by atoms with E-state index >= 15 is 0 Å². The van der Waals surface area contributed by atoms with Crippen LogP contribution >= 0.6 is 11.8 Å². The van der Waals surface area contributed by atoms with Gasteiger partial charge in [-0.3, -0.25) is 9.78 Å². The van der Waals surface area contributed by atoms with Crippen LogP contribution in [0, 0.1) is 11.3 Å². The van der Waals surface area contributed by atoms with Gasteiger partial charge in [0, 0.05) is 11.6 Å². The van der Waals surface area contributed by atoms with Gasteiger partial charge >= 0.3 is 12.4 Å². The summed E-state index contributed by atoms with van der Waals surface area (Å²) in [5.74, 6) is -1.57. The molecule has 1 aromatic heterocycles. The van der Waals surface area contributed by atoms with Crippen LogP contribution in [0.25, 0.3) is 17.0 Å². The second-order valence-electron chi connectivity index (χ2n) is 5.84. The van der Waals surface area contributed by atoms with Gasteiger partial charge in [0.05, 0.1) is 10.4 Å². The average molecular weight is 446 g/mol. The first-order valence-corrected chi connectivity index (χ1v) is 8.63. The summed E-state index contributed by atoms with van der Waals surface area (Å²) in [6.45, 7) is 0. The van der Waals surface area contributed by atoms with E-state index in [4.69, 9.17) is 11.0 Å². The smallest absolute Gasteiger partial charge is 0.434 e. The van der Waals surface area contributed by atoms with Gasteiger partial charge < -0.3 is 10.5 Å². The monoisotopic (exact) mass is 446 g/mol. The topological polar surface area (TPSA) is 101 Å². The number of fused-ring (bicyclic) bond motifs is 1. The third-order valence-electron chi connectivity index (χ3n) is 3.73. The van der Waals surface area contributed by atoms with Crippen molar-refractivity contribution in [2.75, 3.05) is 0 Å². The molecule has 1 aliphatic rings. The van der Waals surface area contributed by atoms with Crippen molar-refractivity contribution in [3.63, 3.8) is 0 Å². The summed E-state index contributed by atoms with van der Waals surface area (Å²) >= 11 is 0.846. The van der Waals surface area contributed by atoms with Crippen LogP contribution in [0.3, 0.4) is 0 Å². The van der Waals surface area contributed by atoms with Gasteiger partial charge in [-0.15, -0.1) is 0 Å². The lowest BCUT2D eigenvalue weighted by molar-refractivity contribution is -0.299. The van der Waals surface area contributed by atoms with Gasteiger partial charge in [0.2, 0.25) is 0 Å². The number of benzene rings is 1. The number of rotatable bonds is 3. The highest BCUT2D eigenvalue weighted by Crippen LogP contribution is 2.39. The van der Waals surface area contributed by atoms with E-state index in [2.05, 4.69) is 14.7 Å². The maximum absolute atomic E-state index is 12.9. The van der Waals surface area contributed by atoms with Crippen LogP contribution < -0.4 is 10.5 Å². The van der Waals surface area contributed by atoms with Gasteiger partial charge in [-0.05, 0) is 35.5 Å². The maximum atomic E-state index is 12.9. The molecule has 0 radical (unpaired) electrons. The van der Waals surface area contributed by atoms with Crippen molar-refractivity contribution in [2.45, 2.75) is 18.5 Å². The Morgan fingerprint density at radius 2 is 1.87 bits per heavy atom. The molecule has 3 rings (SSSR count). The summed E-state index contributed by atoms with van der Waals surface area (Å²) in [5.41, 5.74) is 5.01. The van der Waals surface area contributed by atoms with E-state index in [1.165, 1.54) is 24.3 Å². The number of pyridine rings is 1. The fraction of sp³-hybridized carbons (Fsp3) is 0.176. The molecule has 30 heavy (non-hydrogen) atoms. The van der Waals surface area contributed by atoms with Crippen molar-refractivity contribution < 1.29 is 35.9 Å². The quantitative estimate of drug-likeness (QED) is 0.567. The number of nitrogens with two attached hydrogens (primary N) is 1. The fourth-order valence-corrected chi connectivity index (χ4v) is 3.18. The highest BCUT2D eigenvalue weighted by Gasteiger charge is 2.59. The predicted octanol–water partition coefficient (Wildman–Crippen LogP) is 3.91. The Labute approximate surface area is 168 Å². The van der Waals surface area contributed by atoms with Crippen molar-refractivity contribution in [3.8, 4) is 11.8 Å². The Bertz CT molecular complexity index is 1120. The number of hydrogen-bond donors (Lipinski definition) is 1. The van der Waals surface area contributed by atoms with E-state index in [1.807, 2.05) is 0 Å². The minimum absolute atomic E-state index is 0.0114. The third kappa shape index (κ3) is 4.33. The Morgan fingerprint density at radius 3 is 2.40 bits per heavy atom. The van der Waals surface area contributed by atoms with Crippen molar-refractivity contribution in [1.82, 2.24) is 4.98 Å². The number of ether oxygens (including phenoxy) is 1. The van der Waals surface area contributed by atoms with Gasteiger partial charge in [0.1, 0.15) is 17.4 Å². The summed E-state index contributed by atoms with van der Waals surface area (Å²) in [6, 6.07) is 5.34. The molecule has 2 heterocycles. The van der Waals surface area contributed by atoms with Gasteiger partial charge in [-0.2, -0.15) is 36.6 Å². The molecule has 1 amide bonds. The average Bonchev–Trinajstić information content (AvgIpc) is 2.94. The Balaban J connectivity index is 2.14. The molecule has 0 aliphatic carbocycles. The summed E-state index contributed by atoms with van der Waals surface area (Å²) in [4.78, 5) is 19.1. The zero-order valence-electron chi connectivity index (χ0n) is 14.4. The molecule has 0 bridgehead atoms. The summed E-state index contributed by atoms with van der Waals surface area (Å²) in [7, 11) is 0. The Kier molecular flexibility index (Phi) is 5.38. The number of nitrogens with zero attached hydrogens (tertiary/aromatic N) is 3. The number of nitriles is 1. The highest BCUT2D eigenvalue weighted by molar-refractivity contribution is 8.18. The number of thioether (sulfide) groups is 1. The van der Waals surface area contributed by atoms with Crippen molar-refractivity contribution in [1.29, 1.82) is 5.26 Å². The van der Waals surface area contributed by atoms with Gasteiger partial charge in [0.25, 0.3) is 12.0 Å². The maximum Gasteiger partial charge on any atom is 0.434 e. The van der Waals surface area contributed by atoms with Crippen LogP contribution in [0.1, 0.15) is 11.1 Å². The number of hydrogen-bond acceptors (Lipinski definition) is 6. The van der Waals surface area contributed by atoms with E-state index < -0.39 is 35.7 Å². The SMILES string of the molecule is N#Cc1cnc2ccc(/C=C3\SC(N)=NC3=O)cc2c1OC(C(F)(F)F)C(F)(F)F. The fourth-order valence-electron chi connectivity index (χ4n) is 2.50. The Morgan fingerprint density at radius 1 is 1.20 bits per heavy atom. The Hall–Kier alpha value is -3.27.